The summed E-state index contributed by atoms with van der Waals surface area (Å²) in [5.74, 6) is -0.381. The van der Waals surface area contributed by atoms with Crippen molar-refractivity contribution in [3.05, 3.63) is 83.1 Å². The average Bonchev–Trinajstić information content (AvgIpc) is 2.59. The molecule has 116 valence electrons. The Bertz CT molecular complexity index is 730. The normalized spacial score (nSPS) is 10.7. The Labute approximate surface area is 136 Å². The van der Waals surface area contributed by atoms with Crippen LogP contribution in [0.1, 0.15) is 16.7 Å². The first-order valence-corrected chi connectivity index (χ1v) is 7.41. The summed E-state index contributed by atoms with van der Waals surface area (Å²) in [6.07, 6.45) is 1.47. The van der Waals surface area contributed by atoms with E-state index in [0.29, 0.717) is 13.1 Å². The van der Waals surface area contributed by atoms with E-state index in [4.69, 9.17) is 5.26 Å². The van der Waals surface area contributed by atoms with Crippen molar-refractivity contribution in [2.75, 3.05) is 0 Å². The van der Waals surface area contributed by atoms with E-state index in [0.717, 1.165) is 11.1 Å². The molecule has 2 aromatic carbocycles. The van der Waals surface area contributed by atoms with E-state index in [1.807, 2.05) is 67.6 Å². The van der Waals surface area contributed by atoms with E-state index >= 15 is 0 Å². The molecule has 1 amide bonds. The second kappa shape index (κ2) is 8.40. The molecule has 0 heterocycles. The van der Waals surface area contributed by atoms with Crippen LogP contribution in [0.4, 0.5) is 0 Å². The van der Waals surface area contributed by atoms with Gasteiger partial charge in [-0.1, -0.05) is 54.6 Å². The summed E-state index contributed by atoms with van der Waals surface area (Å²) in [5.41, 5.74) is 3.35. The van der Waals surface area contributed by atoms with Gasteiger partial charge in [-0.25, -0.2) is 0 Å². The SMILES string of the molecule is Cc1ccccc1CN/C=C(/C#N)C(=O)NCc1ccccc1. The number of rotatable bonds is 6. The number of nitrogens with zero attached hydrogens (tertiary/aromatic N) is 1. The summed E-state index contributed by atoms with van der Waals surface area (Å²) in [6.45, 7) is 3.00. The van der Waals surface area contributed by atoms with Crippen molar-refractivity contribution in [3.63, 3.8) is 0 Å². The molecule has 23 heavy (non-hydrogen) atoms. The lowest BCUT2D eigenvalue weighted by Gasteiger charge is -2.07. The molecule has 0 aliphatic carbocycles. The topological polar surface area (TPSA) is 64.9 Å². The number of carbonyl (C=O) groups excluding carboxylic acids is 1. The molecule has 0 aliphatic heterocycles. The monoisotopic (exact) mass is 305 g/mol. The zero-order chi connectivity index (χ0) is 16.5. The maximum absolute atomic E-state index is 12.0. The summed E-state index contributed by atoms with van der Waals surface area (Å²) in [7, 11) is 0. The van der Waals surface area contributed by atoms with Crippen LogP contribution in [0.15, 0.2) is 66.4 Å². The molecule has 4 nitrogen and oxygen atoms in total. The predicted octanol–water partition coefficient (Wildman–Crippen LogP) is 2.81. The van der Waals surface area contributed by atoms with Gasteiger partial charge >= 0.3 is 0 Å². The van der Waals surface area contributed by atoms with E-state index in [9.17, 15) is 4.79 Å². The quantitative estimate of drug-likeness (QED) is 0.637. The van der Waals surface area contributed by atoms with E-state index in [1.54, 1.807) is 0 Å². The largest absolute Gasteiger partial charge is 0.386 e. The zero-order valence-electron chi connectivity index (χ0n) is 13.0. The standard InChI is InChI=1S/C19H19N3O/c1-15-7-5-6-10-17(15)13-21-14-18(11-20)19(23)22-12-16-8-3-2-4-9-16/h2-10,14,21H,12-13H2,1H3,(H,22,23)/b18-14-. The third-order valence-electron chi connectivity index (χ3n) is 3.46. The Morgan fingerprint density at radius 1 is 1.09 bits per heavy atom. The molecule has 2 aromatic rings. The van der Waals surface area contributed by atoms with Gasteiger partial charge < -0.3 is 10.6 Å². The van der Waals surface area contributed by atoms with Crippen molar-refractivity contribution in [2.45, 2.75) is 20.0 Å². The van der Waals surface area contributed by atoms with Gasteiger partial charge in [0.2, 0.25) is 0 Å². The number of nitriles is 1. The highest BCUT2D eigenvalue weighted by Gasteiger charge is 2.08. The van der Waals surface area contributed by atoms with E-state index in [1.165, 1.54) is 11.8 Å². The van der Waals surface area contributed by atoms with E-state index in [-0.39, 0.29) is 11.5 Å². The molecule has 0 bridgehead atoms. The second-order valence-electron chi connectivity index (χ2n) is 5.15. The minimum absolute atomic E-state index is 0.0644. The Morgan fingerprint density at radius 2 is 1.78 bits per heavy atom. The highest BCUT2D eigenvalue weighted by molar-refractivity contribution is 5.97. The lowest BCUT2D eigenvalue weighted by atomic mass is 10.1. The van der Waals surface area contributed by atoms with Crippen molar-refractivity contribution in [1.29, 1.82) is 5.26 Å². The third kappa shape index (κ3) is 5.01. The van der Waals surface area contributed by atoms with Gasteiger partial charge in [-0.2, -0.15) is 5.26 Å². The van der Waals surface area contributed by atoms with Crippen LogP contribution in [-0.4, -0.2) is 5.91 Å². The first kappa shape index (κ1) is 16.3. The fourth-order valence-corrected chi connectivity index (χ4v) is 2.09. The van der Waals surface area contributed by atoms with Gasteiger partial charge in [-0.15, -0.1) is 0 Å². The van der Waals surface area contributed by atoms with Crippen LogP contribution in [0, 0.1) is 18.3 Å². The van der Waals surface area contributed by atoms with Crippen molar-refractivity contribution in [1.82, 2.24) is 10.6 Å². The summed E-state index contributed by atoms with van der Waals surface area (Å²) in [4.78, 5) is 12.0. The highest BCUT2D eigenvalue weighted by atomic mass is 16.1. The summed E-state index contributed by atoms with van der Waals surface area (Å²) in [6, 6.07) is 19.5. The lowest BCUT2D eigenvalue weighted by Crippen LogP contribution is -2.25. The number of aryl methyl sites for hydroxylation is 1. The molecule has 2 rings (SSSR count). The molecule has 0 aromatic heterocycles. The summed E-state index contributed by atoms with van der Waals surface area (Å²) >= 11 is 0. The molecule has 0 spiro atoms. The van der Waals surface area contributed by atoms with Gasteiger partial charge in [-0.3, -0.25) is 4.79 Å². The highest BCUT2D eigenvalue weighted by Crippen LogP contribution is 2.06. The zero-order valence-corrected chi connectivity index (χ0v) is 13.0. The minimum Gasteiger partial charge on any atom is -0.386 e. The minimum atomic E-state index is -0.381. The number of hydrogen-bond acceptors (Lipinski definition) is 3. The summed E-state index contributed by atoms with van der Waals surface area (Å²) in [5, 5.41) is 14.9. The molecule has 0 saturated heterocycles. The van der Waals surface area contributed by atoms with Crippen LogP contribution < -0.4 is 10.6 Å². The van der Waals surface area contributed by atoms with Crippen LogP contribution in [0.25, 0.3) is 0 Å². The van der Waals surface area contributed by atoms with E-state index in [2.05, 4.69) is 10.6 Å². The number of hydrogen-bond donors (Lipinski definition) is 2. The molecule has 0 atom stereocenters. The lowest BCUT2D eigenvalue weighted by molar-refractivity contribution is -0.117. The molecular formula is C19H19N3O. The average molecular weight is 305 g/mol. The van der Waals surface area contributed by atoms with Crippen LogP contribution in [0.5, 0.6) is 0 Å². The Kier molecular flexibility index (Phi) is 5.96. The van der Waals surface area contributed by atoms with Crippen LogP contribution in [0.2, 0.25) is 0 Å². The number of nitrogens with one attached hydrogen (secondary N) is 2. The first-order chi connectivity index (χ1) is 11.2. The van der Waals surface area contributed by atoms with Gasteiger partial charge in [0.25, 0.3) is 5.91 Å². The number of benzene rings is 2. The molecule has 0 radical (unpaired) electrons. The van der Waals surface area contributed by atoms with Crippen LogP contribution >= 0.6 is 0 Å². The Balaban J connectivity index is 1.89. The van der Waals surface area contributed by atoms with Gasteiger partial charge in [0.15, 0.2) is 0 Å². The van der Waals surface area contributed by atoms with Crippen LogP contribution in [0.3, 0.4) is 0 Å². The number of carbonyl (C=O) groups is 1. The second-order valence-corrected chi connectivity index (χ2v) is 5.15. The Hall–Kier alpha value is -3.06. The van der Waals surface area contributed by atoms with E-state index < -0.39 is 0 Å². The molecular weight excluding hydrogens is 286 g/mol. The van der Waals surface area contributed by atoms with Crippen molar-refractivity contribution in [3.8, 4) is 6.07 Å². The maximum Gasteiger partial charge on any atom is 0.263 e. The fraction of sp³-hybridized carbons (Fsp3) is 0.158. The van der Waals surface area contributed by atoms with Crippen molar-refractivity contribution < 1.29 is 4.79 Å². The molecule has 0 unspecified atom stereocenters. The van der Waals surface area contributed by atoms with Gasteiger partial charge in [0.05, 0.1) is 0 Å². The van der Waals surface area contributed by atoms with Crippen LogP contribution in [-0.2, 0) is 17.9 Å². The van der Waals surface area contributed by atoms with Crippen molar-refractivity contribution >= 4 is 5.91 Å². The first-order valence-electron chi connectivity index (χ1n) is 7.41. The predicted molar refractivity (Wildman–Crippen MR) is 90.0 cm³/mol. The molecule has 0 aliphatic rings. The summed E-state index contributed by atoms with van der Waals surface area (Å²) < 4.78 is 0. The number of amides is 1. The molecule has 4 heteroatoms. The third-order valence-corrected chi connectivity index (χ3v) is 3.46. The fourth-order valence-electron chi connectivity index (χ4n) is 2.09. The van der Waals surface area contributed by atoms with Gasteiger partial charge in [0, 0.05) is 19.3 Å². The maximum atomic E-state index is 12.0. The molecule has 2 N–H and O–H groups in total. The molecule has 0 saturated carbocycles. The Morgan fingerprint density at radius 3 is 2.48 bits per heavy atom. The molecule has 0 fully saturated rings. The van der Waals surface area contributed by atoms with Gasteiger partial charge in [0.1, 0.15) is 11.6 Å². The van der Waals surface area contributed by atoms with Crippen molar-refractivity contribution in [2.24, 2.45) is 0 Å². The van der Waals surface area contributed by atoms with Gasteiger partial charge in [-0.05, 0) is 23.6 Å². The smallest absolute Gasteiger partial charge is 0.263 e.